The summed E-state index contributed by atoms with van der Waals surface area (Å²) in [4.78, 5) is 10.1. The fourth-order valence-electron chi connectivity index (χ4n) is 0.474. The zero-order chi connectivity index (χ0) is 9.02. The van der Waals surface area contributed by atoms with Crippen LogP contribution in [0.4, 0.5) is 0 Å². The van der Waals surface area contributed by atoms with Crippen molar-refractivity contribution in [1.29, 1.82) is 0 Å². The third kappa shape index (κ3) is 2.81. The molecule has 5 N–H and O–H groups in total. The number of hydrogen-bond acceptors (Lipinski definition) is 5. The van der Waals surface area contributed by atoms with Gasteiger partial charge in [-0.25, -0.2) is 0 Å². The Morgan fingerprint density at radius 2 is 1.82 bits per heavy atom. The molecule has 0 bridgehead atoms. The lowest BCUT2D eigenvalue weighted by Crippen LogP contribution is -2.44. The summed E-state index contributed by atoms with van der Waals surface area (Å²) in [5.74, 6) is -1.40. The molecule has 65 valence electrons. The molecule has 0 fully saturated rings. The van der Waals surface area contributed by atoms with E-state index < -0.39 is 30.8 Å². The highest BCUT2D eigenvalue weighted by molar-refractivity contribution is 5.78. The van der Waals surface area contributed by atoms with Crippen LogP contribution in [0.3, 0.4) is 0 Å². The molecular weight excluding hydrogens is 154 g/mol. The molecule has 0 saturated carbocycles. The van der Waals surface area contributed by atoms with Crippen LogP contribution >= 0.6 is 0 Å². The monoisotopic (exact) mass is 164 g/mol. The van der Waals surface area contributed by atoms with Gasteiger partial charge in [0.25, 0.3) is 5.91 Å². The van der Waals surface area contributed by atoms with E-state index in [0.717, 1.165) is 0 Å². The number of carbonyl (C=O) groups is 1. The number of amides is 1. The molecule has 0 aliphatic carbocycles. The number of rotatable bonds is 4. The molecule has 11 heavy (non-hydrogen) atoms. The van der Waals surface area contributed by atoms with Crippen molar-refractivity contribution in [1.82, 2.24) is 5.73 Å². The largest absolute Gasteiger partial charge is 0.394 e. The van der Waals surface area contributed by atoms with E-state index in [2.05, 4.69) is 0 Å². The summed E-state index contributed by atoms with van der Waals surface area (Å²) < 4.78 is 0. The number of nitrogens with one attached hydrogen (secondary N) is 1. The van der Waals surface area contributed by atoms with Crippen LogP contribution in [0.5, 0.6) is 0 Å². The summed E-state index contributed by atoms with van der Waals surface area (Å²) in [6.45, 7) is -0.772. The van der Waals surface area contributed by atoms with Crippen LogP contribution < -0.4 is 5.73 Å². The van der Waals surface area contributed by atoms with Gasteiger partial charge in [-0.1, -0.05) is 0 Å². The Kier molecular flexibility index (Phi) is 3.98. The fourth-order valence-corrected chi connectivity index (χ4v) is 0.474. The normalized spacial score (nSPS) is 18.9. The van der Waals surface area contributed by atoms with E-state index in [-0.39, 0.29) is 0 Å². The van der Waals surface area contributed by atoms with Crippen molar-refractivity contribution >= 4 is 5.91 Å². The lowest BCUT2D eigenvalue weighted by Gasteiger charge is -2.17. The second kappa shape index (κ2) is 4.24. The molecule has 0 heterocycles. The Morgan fingerprint density at radius 1 is 1.36 bits per heavy atom. The van der Waals surface area contributed by atoms with Gasteiger partial charge in [-0.05, 0) is 0 Å². The minimum atomic E-state index is -1.96. The quantitative estimate of drug-likeness (QED) is 0.350. The number of hydrogen-bond donors (Lipinski definition) is 4. The number of aliphatic hydroxyl groups is 4. The van der Waals surface area contributed by atoms with Crippen LogP contribution in [0.25, 0.3) is 0 Å². The predicted molar refractivity (Wildman–Crippen MR) is 33.2 cm³/mol. The van der Waals surface area contributed by atoms with Gasteiger partial charge in [-0.15, -0.1) is 0 Å². The molecule has 1 amide bonds. The molecule has 0 aromatic heterocycles. The third-order valence-corrected chi connectivity index (χ3v) is 1.17. The van der Waals surface area contributed by atoms with Crippen molar-refractivity contribution in [3.05, 3.63) is 0 Å². The van der Waals surface area contributed by atoms with Crippen molar-refractivity contribution in [2.24, 2.45) is 0 Å². The zero-order valence-corrected chi connectivity index (χ0v) is 5.64. The molecule has 3 atom stereocenters. The van der Waals surface area contributed by atoms with Crippen molar-refractivity contribution in [3.63, 3.8) is 0 Å². The minimum absolute atomic E-state index is 0.772. The maximum absolute atomic E-state index is 10.1. The lowest BCUT2D eigenvalue weighted by atomic mass is 10.1. The van der Waals surface area contributed by atoms with Crippen LogP contribution in [0.15, 0.2) is 0 Å². The second-order valence-corrected chi connectivity index (χ2v) is 2.05. The van der Waals surface area contributed by atoms with Crippen LogP contribution in [0.1, 0.15) is 0 Å². The first-order chi connectivity index (χ1) is 5.00. The van der Waals surface area contributed by atoms with E-state index >= 15 is 0 Å². The van der Waals surface area contributed by atoms with Crippen LogP contribution in [0, 0.1) is 0 Å². The Hall–Kier alpha value is -0.690. The van der Waals surface area contributed by atoms with Crippen LogP contribution in [-0.2, 0) is 4.79 Å². The Morgan fingerprint density at radius 3 is 2.09 bits per heavy atom. The Bertz CT molecular complexity index is 139. The molecule has 0 rings (SSSR count). The first-order valence-electron chi connectivity index (χ1n) is 2.91. The highest BCUT2D eigenvalue weighted by Crippen LogP contribution is 1.98. The smallest absolute Gasteiger partial charge is 0.270 e. The molecule has 0 saturated heterocycles. The van der Waals surface area contributed by atoms with Crippen LogP contribution in [0.2, 0.25) is 0 Å². The molecule has 0 unspecified atom stereocenters. The predicted octanol–water partition coefficient (Wildman–Crippen LogP) is -3.13. The summed E-state index contributed by atoms with van der Waals surface area (Å²) in [5.41, 5.74) is 6.34. The summed E-state index contributed by atoms with van der Waals surface area (Å²) in [6.07, 6.45) is -5.36. The average Bonchev–Trinajstić information content (AvgIpc) is 2.00. The maximum atomic E-state index is 10.1. The fraction of sp³-hybridized carbons (Fsp3) is 0.800. The highest BCUT2D eigenvalue weighted by Gasteiger charge is 2.28. The molecule has 0 aliphatic rings. The second-order valence-electron chi connectivity index (χ2n) is 2.05. The first-order valence-corrected chi connectivity index (χ1v) is 2.91. The van der Waals surface area contributed by atoms with Gasteiger partial charge in [0.05, 0.1) is 6.61 Å². The third-order valence-electron chi connectivity index (χ3n) is 1.17. The maximum Gasteiger partial charge on any atom is 0.270 e. The molecule has 0 spiro atoms. The molecule has 6 nitrogen and oxygen atoms in total. The average molecular weight is 164 g/mol. The number of aliphatic hydroxyl groups excluding tert-OH is 4. The van der Waals surface area contributed by atoms with Gasteiger partial charge in [0.2, 0.25) is 0 Å². The van der Waals surface area contributed by atoms with E-state index in [4.69, 9.17) is 26.2 Å². The van der Waals surface area contributed by atoms with Crippen molar-refractivity contribution in [2.45, 2.75) is 18.3 Å². The Balaban J connectivity index is 4.00. The minimum Gasteiger partial charge on any atom is -0.394 e. The van der Waals surface area contributed by atoms with Crippen molar-refractivity contribution in [3.8, 4) is 0 Å². The van der Waals surface area contributed by atoms with E-state index in [9.17, 15) is 4.79 Å². The highest BCUT2D eigenvalue weighted by atomic mass is 16.4. The van der Waals surface area contributed by atoms with Gasteiger partial charge in [-0.2, -0.15) is 0 Å². The van der Waals surface area contributed by atoms with E-state index in [1.165, 1.54) is 0 Å². The van der Waals surface area contributed by atoms with Gasteiger partial charge in [0.15, 0.2) is 6.10 Å². The summed E-state index contributed by atoms with van der Waals surface area (Å²) >= 11 is 0. The standard InChI is InChI=1S/C5H10NO5/c6-5(11)4(10)3(9)2(8)1-7/h2-4,6-10H,1H2/t2-,3-,4-/m1/s1. The van der Waals surface area contributed by atoms with Gasteiger partial charge < -0.3 is 20.4 Å². The molecule has 0 aromatic rings. The van der Waals surface area contributed by atoms with Gasteiger partial charge in [0, 0.05) is 0 Å². The Labute approximate surface area is 62.9 Å². The molecular formula is C5H10NO5. The summed E-state index contributed by atoms with van der Waals surface area (Å²) in [7, 11) is 0. The molecule has 6 heteroatoms. The summed E-state index contributed by atoms with van der Waals surface area (Å²) in [6, 6.07) is 0. The SMILES string of the molecule is [NH]C(=O)[C@H](O)[C@H](O)[C@H](O)CO. The van der Waals surface area contributed by atoms with Crippen LogP contribution in [-0.4, -0.2) is 51.3 Å². The lowest BCUT2D eigenvalue weighted by molar-refractivity contribution is -0.139. The molecule has 0 aromatic carbocycles. The topological polar surface area (TPSA) is 122 Å². The zero-order valence-electron chi connectivity index (χ0n) is 5.64. The van der Waals surface area contributed by atoms with Crippen molar-refractivity contribution in [2.75, 3.05) is 6.61 Å². The van der Waals surface area contributed by atoms with Gasteiger partial charge in [-0.3, -0.25) is 10.5 Å². The molecule has 1 radical (unpaired) electrons. The van der Waals surface area contributed by atoms with Gasteiger partial charge in [0.1, 0.15) is 12.2 Å². The van der Waals surface area contributed by atoms with Gasteiger partial charge >= 0.3 is 0 Å². The van der Waals surface area contributed by atoms with E-state index in [1.54, 1.807) is 0 Å². The van der Waals surface area contributed by atoms with E-state index in [1.807, 2.05) is 0 Å². The number of carbonyl (C=O) groups excluding carboxylic acids is 1. The summed E-state index contributed by atoms with van der Waals surface area (Å²) in [5, 5.41) is 34.3. The van der Waals surface area contributed by atoms with Crippen molar-refractivity contribution < 1.29 is 25.2 Å². The molecule has 0 aliphatic heterocycles. The first kappa shape index (κ1) is 10.3. The van der Waals surface area contributed by atoms with E-state index in [0.29, 0.717) is 0 Å².